The van der Waals surface area contributed by atoms with Crippen molar-refractivity contribution in [3.05, 3.63) is 0 Å². The van der Waals surface area contributed by atoms with Gasteiger partial charge in [-0.05, 0) is 37.9 Å². The monoisotopic (exact) mass is 192 g/mol. The molecule has 0 aromatic rings. The number of carbonyl (C=O) groups is 1. The molecule has 78 valence electrons. The molecule has 2 fully saturated rings. The highest BCUT2D eigenvalue weighted by Crippen LogP contribution is 2.49. The van der Waals surface area contributed by atoms with Crippen molar-refractivity contribution in [3.63, 3.8) is 0 Å². The van der Waals surface area contributed by atoms with E-state index in [0.29, 0.717) is 5.78 Å². The molecule has 0 radical (unpaired) electrons. The zero-order valence-corrected chi connectivity index (χ0v) is 9.35. The Labute approximate surface area is 88.1 Å². The standard InChI is InChI=1S/C12H21BO/c13-9-11(14)12-6-3-1-2-4-10(8-12)5-7-12/h10H,1-9,13H2. The minimum atomic E-state index is 0.139. The summed E-state index contributed by atoms with van der Waals surface area (Å²) in [6.07, 6.45) is 11.1. The fourth-order valence-electron chi connectivity index (χ4n) is 3.55. The van der Waals surface area contributed by atoms with E-state index in [2.05, 4.69) is 0 Å². The summed E-state index contributed by atoms with van der Waals surface area (Å²) in [7, 11) is 2.03. The second-order valence-corrected chi connectivity index (χ2v) is 5.27. The van der Waals surface area contributed by atoms with Gasteiger partial charge in [0.1, 0.15) is 13.6 Å². The Morgan fingerprint density at radius 3 is 2.86 bits per heavy atom. The van der Waals surface area contributed by atoms with Gasteiger partial charge in [-0.3, -0.25) is 4.79 Å². The number of rotatable bonds is 2. The lowest BCUT2D eigenvalue weighted by atomic mass is 9.71. The van der Waals surface area contributed by atoms with Gasteiger partial charge >= 0.3 is 0 Å². The average Bonchev–Trinajstić information content (AvgIpc) is 2.60. The minimum Gasteiger partial charge on any atom is -0.300 e. The lowest BCUT2D eigenvalue weighted by Gasteiger charge is -2.29. The van der Waals surface area contributed by atoms with Crippen LogP contribution in [0.5, 0.6) is 0 Å². The summed E-state index contributed by atoms with van der Waals surface area (Å²) in [6, 6.07) is 0. The van der Waals surface area contributed by atoms with Gasteiger partial charge in [-0.2, -0.15) is 0 Å². The fourth-order valence-corrected chi connectivity index (χ4v) is 3.55. The highest BCUT2D eigenvalue weighted by atomic mass is 16.1. The first kappa shape index (κ1) is 10.3. The van der Waals surface area contributed by atoms with Crippen LogP contribution in [-0.2, 0) is 4.79 Å². The maximum atomic E-state index is 12.0. The lowest BCUT2D eigenvalue weighted by molar-refractivity contribution is -0.127. The summed E-state index contributed by atoms with van der Waals surface area (Å²) in [4.78, 5) is 12.0. The number of hydrogen-bond acceptors (Lipinski definition) is 1. The normalized spacial score (nSPS) is 37.6. The van der Waals surface area contributed by atoms with Gasteiger partial charge in [0.25, 0.3) is 0 Å². The van der Waals surface area contributed by atoms with E-state index in [1.165, 1.54) is 51.4 Å². The number of fused-ring (bicyclic) bond motifs is 2. The quantitative estimate of drug-likeness (QED) is 0.614. The van der Waals surface area contributed by atoms with Crippen LogP contribution in [0.25, 0.3) is 0 Å². The van der Waals surface area contributed by atoms with Gasteiger partial charge in [0.05, 0.1) is 0 Å². The van der Waals surface area contributed by atoms with Crippen molar-refractivity contribution in [2.75, 3.05) is 0 Å². The van der Waals surface area contributed by atoms with Gasteiger partial charge in [0, 0.05) is 5.41 Å². The van der Waals surface area contributed by atoms with E-state index in [1.54, 1.807) is 0 Å². The molecule has 0 saturated heterocycles. The van der Waals surface area contributed by atoms with Crippen molar-refractivity contribution in [3.8, 4) is 0 Å². The molecule has 14 heavy (non-hydrogen) atoms. The first-order chi connectivity index (χ1) is 6.77. The topological polar surface area (TPSA) is 17.1 Å². The van der Waals surface area contributed by atoms with Crippen LogP contribution in [-0.4, -0.2) is 13.6 Å². The smallest absolute Gasteiger partial charge is 0.131 e. The van der Waals surface area contributed by atoms with E-state index >= 15 is 0 Å². The average molecular weight is 192 g/mol. The van der Waals surface area contributed by atoms with E-state index in [1.807, 2.05) is 7.85 Å². The van der Waals surface area contributed by atoms with Crippen molar-refractivity contribution >= 4 is 13.6 Å². The molecule has 0 aromatic carbocycles. The molecule has 0 aromatic heterocycles. The Morgan fingerprint density at radius 1 is 1.21 bits per heavy atom. The van der Waals surface area contributed by atoms with Crippen molar-refractivity contribution < 1.29 is 4.79 Å². The first-order valence-electron chi connectivity index (χ1n) is 6.30. The largest absolute Gasteiger partial charge is 0.300 e. The molecule has 2 aliphatic carbocycles. The van der Waals surface area contributed by atoms with Gasteiger partial charge in [-0.1, -0.05) is 25.7 Å². The summed E-state index contributed by atoms with van der Waals surface area (Å²) in [5.41, 5.74) is 0.139. The molecule has 0 N–H and O–H groups in total. The number of ketones is 1. The Balaban J connectivity index is 2.12. The third-order valence-corrected chi connectivity index (χ3v) is 4.39. The summed E-state index contributed by atoms with van der Waals surface area (Å²) in [5.74, 6) is 1.44. The molecule has 2 unspecified atom stereocenters. The summed E-state index contributed by atoms with van der Waals surface area (Å²) in [6.45, 7) is 0. The van der Waals surface area contributed by atoms with Gasteiger partial charge < -0.3 is 0 Å². The third kappa shape index (κ3) is 1.76. The molecular formula is C12H21BO. The SMILES string of the molecule is BCC(=O)C12CCCCCC(CC1)C2. The maximum Gasteiger partial charge on any atom is 0.131 e. The molecular weight excluding hydrogens is 171 g/mol. The lowest BCUT2D eigenvalue weighted by Crippen LogP contribution is -2.28. The van der Waals surface area contributed by atoms with Crippen LogP contribution in [0, 0.1) is 11.3 Å². The summed E-state index contributed by atoms with van der Waals surface area (Å²) in [5, 5.41) is 0. The molecule has 2 rings (SSSR count). The zero-order chi connectivity index (χ0) is 10.0. The Hall–Kier alpha value is -0.265. The van der Waals surface area contributed by atoms with Gasteiger partial charge in [-0.25, -0.2) is 0 Å². The van der Waals surface area contributed by atoms with E-state index in [-0.39, 0.29) is 5.41 Å². The predicted molar refractivity (Wildman–Crippen MR) is 61.2 cm³/mol. The van der Waals surface area contributed by atoms with E-state index < -0.39 is 0 Å². The third-order valence-electron chi connectivity index (χ3n) is 4.39. The molecule has 0 aliphatic heterocycles. The molecule has 2 saturated carbocycles. The Bertz CT molecular complexity index is 226. The van der Waals surface area contributed by atoms with Gasteiger partial charge in [0.15, 0.2) is 0 Å². The molecule has 2 bridgehead atoms. The molecule has 0 amide bonds. The summed E-state index contributed by atoms with van der Waals surface area (Å²) < 4.78 is 0. The number of carbonyl (C=O) groups excluding carboxylic acids is 1. The Morgan fingerprint density at radius 2 is 2.07 bits per heavy atom. The zero-order valence-electron chi connectivity index (χ0n) is 9.35. The molecule has 2 atom stereocenters. The number of hydrogen-bond donors (Lipinski definition) is 0. The van der Waals surface area contributed by atoms with Crippen LogP contribution in [0.3, 0.4) is 0 Å². The highest BCUT2D eigenvalue weighted by molar-refractivity contribution is 6.21. The van der Waals surface area contributed by atoms with Gasteiger partial charge in [0.2, 0.25) is 0 Å². The van der Waals surface area contributed by atoms with E-state index in [4.69, 9.17) is 0 Å². The van der Waals surface area contributed by atoms with Crippen LogP contribution < -0.4 is 0 Å². The van der Waals surface area contributed by atoms with Crippen molar-refractivity contribution in [2.24, 2.45) is 11.3 Å². The van der Waals surface area contributed by atoms with Crippen molar-refractivity contribution in [2.45, 2.75) is 57.7 Å². The second kappa shape index (κ2) is 4.08. The highest BCUT2D eigenvalue weighted by Gasteiger charge is 2.43. The molecule has 2 aliphatic rings. The van der Waals surface area contributed by atoms with Crippen LogP contribution in [0.2, 0.25) is 6.32 Å². The van der Waals surface area contributed by atoms with Crippen LogP contribution in [0.1, 0.15) is 51.4 Å². The molecule has 2 heteroatoms. The van der Waals surface area contributed by atoms with Crippen LogP contribution in [0.4, 0.5) is 0 Å². The van der Waals surface area contributed by atoms with E-state index in [0.717, 1.165) is 12.2 Å². The van der Waals surface area contributed by atoms with Gasteiger partial charge in [-0.15, -0.1) is 0 Å². The van der Waals surface area contributed by atoms with E-state index in [9.17, 15) is 4.79 Å². The second-order valence-electron chi connectivity index (χ2n) is 5.27. The Kier molecular flexibility index (Phi) is 2.99. The first-order valence-corrected chi connectivity index (χ1v) is 6.30. The molecule has 1 nitrogen and oxygen atoms in total. The van der Waals surface area contributed by atoms with Crippen LogP contribution >= 0.6 is 0 Å². The molecule has 0 heterocycles. The fraction of sp³-hybridized carbons (Fsp3) is 0.917. The van der Waals surface area contributed by atoms with Crippen molar-refractivity contribution in [1.82, 2.24) is 0 Å². The maximum absolute atomic E-state index is 12.0. The minimum absolute atomic E-state index is 0.139. The summed E-state index contributed by atoms with van der Waals surface area (Å²) >= 11 is 0. The number of Topliss-reactive ketones (excluding diaryl/α,β-unsaturated/α-hetero) is 1. The van der Waals surface area contributed by atoms with Crippen molar-refractivity contribution in [1.29, 1.82) is 0 Å². The predicted octanol–water partition coefficient (Wildman–Crippen LogP) is 2.36. The molecule has 0 spiro atoms. The van der Waals surface area contributed by atoms with Crippen LogP contribution in [0.15, 0.2) is 0 Å².